The number of barbiturate groups is 1. The number of nitrogens with one attached hydrogen (secondary N) is 1. The smallest absolute Gasteiger partial charge is 0.335 e. The van der Waals surface area contributed by atoms with E-state index in [0.717, 1.165) is 4.90 Å². The maximum Gasteiger partial charge on any atom is 0.335 e. The van der Waals surface area contributed by atoms with Crippen molar-refractivity contribution in [3.8, 4) is 5.75 Å². The van der Waals surface area contributed by atoms with E-state index >= 15 is 0 Å². The van der Waals surface area contributed by atoms with E-state index in [1.165, 1.54) is 67.8 Å². The number of halogens is 2. The number of carbonyl (C=O) groups is 3. The fraction of sp³-hybridized carbons (Fsp3) is 0.125. The van der Waals surface area contributed by atoms with Gasteiger partial charge >= 0.3 is 6.03 Å². The lowest BCUT2D eigenvalue weighted by Crippen LogP contribution is -2.59. The summed E-state index contributed by atoms with van der Waals surface area (Å²) in [4.78, 5) is 39.8. The van der Waals surface area contributed by atoms with Crippen molar-refractivity contribution >= 4 is 23.5 Å². The van der Waals surface area contributed by atoms with Gasteiger partial charge in [0.2, 0.25) is 11.8 Å². The number of imide groups is 2. The van der Waals surface area contributed by atoms with E-state index in [4.69, 9.17) is 4.74 Å². The highest BCUT2D eigenvalue weighted by Crippen LogP contribution is 2.36. The van der Waals surface area contributed by atoms with E-state index in [1.807, 2.05) is 0 Å². The van der Waals surface area contributed by atoms with Gasteiger partial charge in [0.05, 0.1) is 12.8 Å². The number of hydrogen-bond donors (Lipinski definition) is 1. The van der Waals surface area contributed by atoms with E-state index in [2.05, 4.69) is 5.32 Å². The summed E-state index contributed by atoms with van der Waals surface area (Å²) in [5.74, 6) is -4.20. The Balaban J connectivity index is 1.80. The van der Waals surface area contributed by atoms with Crippen molar-refractivity contribution in [3.05, 3.63) is 95.6 Å². The van der Waals surface area contributed by atoms with Crippen LogP contribution in [0.1, 0.15) is 17.0 Å². The van der Waals surface area contributed by atoms with Gasteiger partial charge in [-0.3, -0.25) is 14.9 Å². The van der Waals surface area contributed by atoms with Crippen molar-refractivity contribution in [1.82, 2.24) is 5.32 Å². The Morgan fingerprint density at radius 2 is 1.31 bits per heavy atom. The highest BCUT2D eigenvalue weighted by atomic mass is 19.1. The van der Waals surface area contributed by atoms with Gasteiger partial charge < -0.3 is 4.74 Å². The number of carbonyl (C=O) groups excluding carboxylic acids is 3. The Morgan fingerprint density at radius 3 is 1.78 bits per heavy atom. The van der Waals surface area contributed by atoms with Gasteiger partial charge in [0.25, 0.3) is 0 Å². The molecule has 8 heteroatoms. The lowest BCUT2D eigenvalue weighted by Gasteiger charge is -2.34. The molecule has 162 valence electrons. The van der Waals surface area contributed by atoms with Crippen LogP contribution in [0.25, 0.3) is 0 Å². The molecular weight excluding hydrogens is 418 g/mol. The van der Waals surface area contributed by atoms with Gasteiger partial charge in [-0.1, -0.05) is 24.3 Å². The second-order valence-electron chi connectivity index (χ2n) is 7.22. The quantitative estimate of drug-likeness (QED) is 0.614. The topological polar surface area (TPSA) is 75.7 Å². The van der Waals surface area contributed by atoms with Crippen LogP contribution in [0.5, 0.6) is 5.75 Å². The van der Waals surface area contributed by atoms with Crippen molar-refractivity contribution in [2.24, 2.45) is 5.92 Å². The largest absolute Gasteiger partial charge is 0.497 e. The van der Waals surface area contributed by atoms with E-state index in [0.29, 0.717) is 16.9 Å². The molecule has 4 amide bonds. The molecule has 1 aliphatic heterocycles. The summed E-state index contributed by atoms with van der Waals surface area (Å²) in [6.07, 6.45) is 0. The summed E-state index contributed by atoms with van der Waals surface area (Å²) in [5, 5.41) is 2.23. The summed E-state index contributed by atoms with van der Waals surface area (Å²) in [6.45, 7) is 0. The number of hydrogen-bond acceptors (Lipinski definition) is 4. The van der Waals surface area contributed by atoms with Gasteiger partial charge in [0.1, 0.15) is 23.3 Å². The lowest BCUT2D eigenvalue weighted by molar-refractivity contribution is -0.134. The first-order chi connectivity index (χ1) is 15.4. The third kappa shape index (κ3) is 3.94. The lowest BCUT2D eigenvalue weighted by atomic mass is 9.78. The van der Waals surface area contributed by atoms with E-state index < -0.39 is 41.3 Å². The number of methoxy groups -OCH3 is 1. The molecule has 1 fully saturated rings. The molecule has 3 aromatic rings. The molecule has 4 rings (SSSR count). The van der Waals surface area contributed by atoms with Gasteiger partial charge in [-0.2, -0.15) is 0 Å². The first-order valence-electron chi connectivity index (χ1n) is 9.73. The number of ether oxygens (including phenoxy) is 1. The van der Waals surface area contributed by atoms with Crippen LogP contribution in [0.15, 0.2) is 72.8 Å². The molecule has 1 N–H and O–H groups in total. The Kier molecular flexibility index (Phi) is 5.68. The highest BCUT2D eigenvalue weighted by molar-refractivity contribution is 6.28. The minimum Gasteiger partial charge on any atom is -0.497 e. The molecule has 6 nitrogen and oxygen atoms in total. The normalized spacial score (nSPS) is 16.3. The SMILES string of the molecule is COc1ccc(N2C(=O)NC(=O)[C@H](C(c3ccc(F)cc3)c3ccc(F)cc3)C2=O)cc1. The van der Waals surface area contributed by atoms with Crippen LogP contribution < -0.4 is 15.0 Å². The number of benzene rings is 3. The summed E-state index contributed by atoms with van der Waals surface area (Å²) < 4.78 is 32.2. The fourth-order valence-corrected chi connectivity index (χ4v) is 3.78. The van der Waals surface area contributed by atoms with Crippen molar-refractivity contribution in [2.75, 3.05) is 12.0 Å². The molecule has 1 heterocycles. The van der Waals surface area contributed by atoms with Crippen molar-refractivity contribution in [2.45, 2.75) is 5.92 Å². The Labute approximate surface area is 182 Å². The number of anilines is 1. The van der Waals surface area contributed by atoms with Gasteiger partial charge in [-0.05, 0) is 59.7 Å². The molecule has 1 aliphatic rings. The number of rotatable bonds is 5. The zero-order chi connectivity index (χ0) is 22.8. The standard InChI is InChI=1S/C24H18F2N2O4/c1-32-19-12-10-18(11-13-19)28-23(30)21(22(29)27-24(28)31)20(14-2-6-16(25)7-3-14)15-4-8-17(26)9-5-15/h2-13,20-21H,1H3,(H,27,29,31)/t21-/m0/s1. The molecule has 0 aliphatic carbocycles. The maximum atomic E-state index is 13.5. The van der Waals surface area contributed by atoms with Crippen molar-refractivity contribution in [3.63, 3.8) is 0 Å². The minimum atomic E-state index is -1.34. The van der Waals surface area contributed by atoms with Crippen molar-refractivity contribution < 1.29 is 27.9 Å². The number of urea groups is 1. The third-order valence-electron chi connectivity index (χ3n) is 5.32. The van der Waals surface area contributed by atoms with E-state index in [1.54, 1.807) is 12.1 Å². The van der Waals surface area contributed by atoms with Crippen LogP contribution in [0.3, 0.4) is 0 Å². The van der Waals surface area contributed by atoms with E-state index in [9.17, 15) is 23.2 Å². The van der Waals surface area contributed by atoms with Crippen LogP contribution in [0.4, 0.5) is 19.3 Å². The second kappa shape index (κ2) is 8.58. The molecular formula is C24H18F2N2O4. The number of nitrogens with zero attached hydrogens (tertiary/aromatic N) is 1. The molecule has 3 aromatic carbocycles. The average molecular weight is 436 g/mol. The second-order valence-corrected chi connectivity index (χ2v) is 7.22. The Bertz CT molecular complexity index is 1120. The van der Waals surface area contributed by atoms with Gasteiger partial charge in [-0.15, -0.1) is 0 Å². The predicted octanol–water partition coefficient (Wildman–Crippen LogP) is 4.00. The Morgan fingerprint density at radius 1 is 0.812 bits per heavy atom. The van der Waals surface area contributed by atoms with Gasteiger partial charge in [0.15, 0.2) is 0 Å². The third-order valence-corrected chi connectivity index (χ3v) is 5.32. The first kappa shape index (κ1) is 21.2. The summed E-state index contributed by atoms with van der Waals surface area (Å²) >= 11 is 0. The van der Waals surface area contributed by atoms with Crippen LogP contribution in [-0.2, 0) is 9.59 Å². The molecule has 0 aromatic heterocycles. The molecule has 0 radical (unpaired) electrons. The maximum absolute atomic E-state index is 13.5. The zero-order valence-corrected chi connectivity index (χ0v) is 16.9. The molecule has 1 atom stereocenters. The van der Waals surface area contributed by atoms with Crippen LogP contribution >= 0.6 is 0 Å². The van der Waals surface area contributed by atoms with Crippen LogP contribution in [0, 0.1) is 17.6 Å². The molecule has 0 bridgehead atoms. The van der Waals surface area contributed by atoms with Gasteiger partial charge in [-0.25, -0.2) is 18.5 Å². The Hall–Kier alpha value is -4.07. The first-order valence-corrected chi connectivity index (χ1v) is 9.73. The molecule has 1 saturated heterocycles. The summed E-state index contributed by atoms with van der Waals surface area (Å²) in [5.41, 5.74) is 1.19. The van der Waals surface area contributed by atoms with E-state index in [-0.39, 0.29) is 5.69 Å². The predicted molar refractivity (Wildman–Crippen MR) is 112 cm³/mol. The molecule has 0 saturated carbocycles. The fourth-order valence-electron chi connectivity index (χ4n) is 3.78. The highest BCUT2D eigenvalue weighted by Gasteiger charge is 2.46. The molecule has 0 unspecified atom stereocenters. The van der Waals surface area contributed by atoms with Gasteiger partial charge in [0, 0.05) is 5.92 Å². The summed E-state index contributed by atoms with van der Waals surface area (Å²) in [7, 11) is 1.48. The monoisotopic (exact) mass is 436 g/mol. The van der Waals surface area contributed by atoms with Crippen molar-refractivity contribution in [1.29, 1.82) is 0 Å². The average Bonchev–Trinajstić information content (AvgIpc) is 2.78. The van der Waals surface area contributed by atoms with Crippen LogP contribution in [-0.4, -0.2) is 25.0 Å². The zero-order valence-electron chi connectivity index (χ0n) is 16.9. The minimum absolute atomic E-state index is 0.253. The van der Waals surface area contributed by atoms with Crippen LogP contribution in [0.2, 0.25) is 0 Å². The summed E-state index contributed by atoms with van der Waals surface area (Å²) in [6, 6.07) is 16.0. The molecule has 0 spiro atoms. The molecule has 32 heavy (non-hydrogen) atoms. The number of amides is 4.